The van der Waals surface area contributed by atoms with Gasteiger partial charge in [0.2, 0.25) is 0 Å². The normalized spacial score (nSPS) is 11.0. The molecule has 0 aliphatic heterocycles. The van der Waals surface area contributed by atoms with E-state index in [4.69, 9.17) is 4.74 Å². The van der Waals surface area contributed by atoms with E-state index in [1.54, 1.807) is 4.57 Å². The van der Waals surface area contributed by atoms with Crippen molar-refractivity contribution in [3.8, 4) is 5.75 Å². The molecule has 0 amide bonds. The molecule has 0 saturated carbocycles. The average Bonchev–Trinajstić information content (AvgIpc) is 2.64. The van der Waals surface area contributed by atoms with Gasteiger partial charge < -0.3 is 9.30 Å². The average molecular weight is 315 g/mol. The van der Waals surface area contributed by atoms with E-state index in [2.05, 4.69) is 12.1 Å². The van der Waals surface area contributed by atoms with Gasteiger partial charge in [-0.25, -0.2) is 0 Å². The summed E-state index contributed by atoms with van der Waals surface area (Å²) in [7, 11) is 0. The molecule has 0 atom stereocenters. The van der Waals surface area contributed by atoms with Gasteiger partial charge in [-0.1, -0.05) is 54.6 Å². The summed E-state index contributed by atoms with van der Waals surface area (Å²) >= 11 is 0. The lowest BCUT2D eigenvalue weighted by atomic mass is 10.1. The summed E-state index contributed by atoms with van der Waals surface area (Å²) in [5, 5.41) is 3.95. The fourth-order valence-electron chi connectivity index (χ4n) is 2.98. The van der Waals surface area contributed by atoms with Crippen LogP contribution in [0.2, 0.25) is 0 Å². The Kier molecular flexibility index (Phi) is 3.75. The van der Waals surface area contributed by atoms with E-state index in [0.717, 1.165) is 27.3 Å². The van der Waals surface area contributed by atoms with Crippen LogP contribution in [0.1, 0.15) is 0 Å². The highest BCUT2D eigenvalue weighted by Gasteiger charge is 2.04. The minimum absolute atomic E-state index is 0.0228. The van der Waals surface area contributed by atoms with E-state index < -0.39 is 0 Å². The molecule has 4 aromatic rings. The summed E-state index contributed by atoms with van der Waals surface area (Å²) < 4.78 is 7.63. The van der Waals surface area contributed by atoms with E-state index in [0.29, 0.717) is 13.2 Å². The van der Waals surface area contributed by atoms with Gasteiger partial charge in [-0.2, -0.15) is 0 Å². The summed E-state index contributed by atoms with van der Waals surface area (Å²) in [5.41, 5.74) is 0.0228. The van der Waals surface area contributed by atoms with Crippen LogP contribution in [0.5, 0.6) is 5.75 Å². The SMILES string of the molecule is O=c1c2ccccc2ccn1CCOc1cccc2ccccc12. The van der Waals surface area contributed by atoms with Gasteiger partial charge in [0.25, 0.3) is 5.56 Å². The van der Waals surface area contributed by atoms with Crippen molar-refractivity contribution in [3.63, 3.8) is 0 Å². The van der Waals surface area contributed by atoms with Crippen LogP contribution in [-0.2, 0) is 6.54 Å². The number of benzene rings is 3. The molecule has 0 bridgehead atoms. The van der Waals surface area contributed by atoms with Gasteiger partial charge >= 0.3 is 0 Å². The van der Waals surface area contributed by atoms with Gasteiger partial charge in [-0.05, 0) is 29.0 Å². The topological polar surface area (TPSA) is 31.2 Å². The zero-order valence-corrected chi connectivity index (χ0v) is 13.2. The predicted molar refractivity (Wildman–Crippen MR) is 97.7 cm³/mol. The highest BCUT2D eigenvalue weighted by atomic mass is 16.5. The van der Waals surface area contributed by atoms with Crippen LogP contribution >= 0.6 is 0 Å². The maximum atomic E-state index is 12.5. The molecule has 3 nitrogen and oxygen atoms in total. The number of hydrogen-bond donors (Lipinski definition) is 0. The zero-order valence-electron chi connectivity index (χ0n) is 13.2. The Morgan fingerprint density at radius 1 is 0.750 bits per heavy atom. The lowest BCUT2D eigenvalue weighted by Gasteiger charge is -2.11. The third kappa shape index (κ3) is 2.65. The first-order chi connectivity index (χ1) is 11.8. The van der Waals surface area contributed by atoms with Crippen molar-refractivity contribution in [1.82, 2.24) is 4.57 Å². The highest BCUT2D eigenvalue weighted by Crippen LogP contribution is 2.25. The van der Waals surface area contributed by atoms with Crippen molar-refractivity contribution in [2.75, 3.05) is 6.61 Å². The van der Waals surface area contributed by atoms with Crippen LogP contribution in [0.15, 0.2) is 83.8 Å². The molecule has 0 fully saturated rings. The monoisotopic (exact) mass is 315 g/mol. The van der Waals surface area contributed by atoms with Crippen molar-refractivity contribution in [2.45, 2.75) is 6.54 Å². The molecule has 0 saturated heterocycles. The van der Waals surface area contributed by atoms with Gasteiger partial charge in [-0.3, -0.25) is 4.79 Å². The van der Waals surface area contributed by atoms with Crippen LogP contribution in [0, 0.1) is 0 Å². The molecule has 0 spiro atoms. The van der Waals surface area contributed by atoms with Crippen molar-refractivity contribution < 1.29 is 4.74 Å². The number of nitrogens with zero attached hydrogens (tertiary/aromatic N) is 1. The fraction of sp³-hybridized carbons (Fsp3) is 0.0952. The number of fused-ring (bicyclic) bond motifs is 2. The van der Waals surface area contributed by atoms with Crippen LogP contribution in [0.3, 0.4) is 0 Å². The second-order valence-corrected chi connectivity index (χ2v) is 5.73. The van der Waals surface area contributed by atoms with Crippen molar-refractivity contribution in [1.29, 1.82) is 0 Å². The van der Waals surface area contributed by atoms with Crippen molar-refractivity contribution in [3.05, 3.63) is 89.3 Å². The zero-order chi connectivity index (χ0) is 16.4. The molecule has 4 rings (SSSR count). The Balaban J connectivity index is 1.55. The molecule has 1 aromatic heterocycles. The molecule has 0 unspecified atom stereocenters. The molecule has 118 valence electrons. The molecule has 0 aliphatic rings. The van der Waals surface area contributed by atoms with Gasteiger partial charge in [0.05, 0.1) is 6.54 Å². The number of pyridine rings is 1. The van der Waals surface area contributed by atoms with Crippen molar-refractivity contribution in [2.24, 2.45) is 0 Å². The second-order valence-electron chi connectivity index (χ2n) is 5.73. The Bertz CT molecular complexity index is 1060. The molecular weight excluding hydrogens is 298 g/mol. The number of ether oxygens (including phenoxy) is 1. The standard InChI is InChI=1S/C21H17NO2/c23-21-19-10-4-2-7-17(19)12-13-22(21)14-15-24-20-11-5-8-16-6-1-3-9-18(16)20/h1-13H,14-15H2. The molecular formula is C21H17NO2. The largest absolute Gasteiger partial charge is 0.491 e. The summed E-state index contributed by atoms with van der Waals surface area (Å²) in [6.45, 7) is 0.971. The van der Waals surface area contributed by atoms with Gasteiger partial charge in [0.1, 0.15) is 12.4 Å². The minimum Gasteiger partial charge on any atom is -0.491 e. The molecule has 24 heavy (non-hydrogen) atoms. The Morgan fingerprint density at radius 2 is 1.42 bits per heavy atom. The number of aromatic nitrogens is 1. The first-order valence-electron chi connectivity index (χ1n) is 8.02. The highest BCUT2D eigenvalue weighted by molar-refractivity contribution is 5.88. The van der Waals surface area contributed by atoms with Crippen LogP contribution in [0.4, 0.5) is 0 Å². The van der Waals surface area contributed by atoms with Crippen LogP contribution < -0.4 is 10.3 Å². The van der Waals surface area contributed by atoms with E-state index in [1.807, 2.05) is 66.9 Å². The molecule has 0 aliphatic carbocycles. The molecule has 3 aromatic carbocycles. The Hall–Kier alpha value is -3.07. The fourth-order valence-corrected chi connectivity index (χ4v) is 2.98. The lowest BCUT2D eigenvalue weighted by Crippen LogP contribution is -2.22. The summed E-state index contributed by atoms with van der Waals surface area (Å²) in [5.74, 6) is 0.849. The molecule has 0 radical (unpaired) electrons. The third-order valence-corrected chi connectivity index (χ3v) is 4.23. The first-order valence-corrected chi connectivity index (χ1v) is 8.02. The Labute approximate surface area is 139 Å². The lowest BCUT2D eigenvalue weighted by molar-refractivity contribution is 0.300. The number of hydrogen-bond acceptors (Lipinski definition) is 2. The number of rotatable bonds is 4. The smallest absolute Gasteiger partial charge is 0.258 e. The minimum atomic E-state index is 0.0228. The summed E-state index contributed by atoms with van der Waals surface area (Å²) in [6.07, 6.45) is 1.83. The van der Waals surface area contributed by atoms with Gasteiger partial charge in [-0.15, -0.1) is 0 Å². The van der Waals surface area contributed by atoms with Gasteiger partial charge in [0.15, 0.2) is 0 Å². The van der Waals surface area contributed by atoms with E-state index >= 15 is 0 Å². The van der Waals surface area contributed by atoms with E-state index in [1.165, 1.54) is 0 Å². The van der Waals surface area contributed by atoms with E-state index in [9.17, 15) is 4.79 Å². The maximum absolute atomic E-state index is 12.5. The van der Waals surface area contributed by atoms with Crippen LogP contribution in [-0.4, -0.2) is 11.2 Å². The summed E-state index contributed by atoms with van der Waals surface area (Å²) in [6, 6.07) is 23.8. The second kappa shape index (κ2) is 6.20. The molecule has 0 N–H and O–H groups in total. The Morgan fingerprint density at radius 3 is 2.25 bits per heavy atom. The first kappa shape index (κ1) is 14.5. The summed E-state index contributed by atoms with van der Waals surface area (Å²) in [4.78, 5) is 12.5. The van der Waals surface area contributed by atoms with Gasteiger partial charge in [0, 0.05) is 17.0 Å². The third-order valence-electron chi connectivity index (χ3n) is 4.23. The predicted octanol–water partition coefficient (Wildman–Crippen LogP) is 4.23. The van der Waals surface area contributed by atoms with Crippen LogP contribution in [0.25, 0.3) is 21.5 Å². The van der Waals surface area contributed by atoms with Crippen molar-refractivity contribution >= 4 is 21.5 Å². The van der Waals surface area contributed by atoms with E-state index in [-0.39, 0.29) is 5.56 Å². The quantitative estimate of drug-likeness (QED) is 0.564. The molecule has 1 heterocycles. The molecule has 3 heteroatoms. The maximum Gasteiger partial charge on any atom is 0.258 e.